The lowest BCUT2D eigenvalue weighted by atomic mass is 9.75. The summed E-state index contributed by atoms with van der Waals surface area (Å²) in [7, 11) is 0. The Labute approximate surface area is 164 Å². The van der Waals surface area contributed by atoms with Crippen molar-refractivity contribution in [3.8, 4) is 0 Å². The molecule has 1 heterocycles. The number of nitrogens with one attached hydrogen (secondary N) is 1. The van der Waals surface area contributed by atoms with Gasteiger partial charge in [0, 0.05) is 10.8 Å². The zero-order chi connectivity index (χ0) is 19.4. The quantitative estimate of drug-likeness (QED) is 0.613. The molecule has 2 fully saturated rings. The van der Waals surface area contributed by atoms with Crippen LogP contribution < -0.4 is 5.32 Å². The van der Waals surface area contributed by atoms with Crippen LogP contribution in [0.3, 0.4) is 0 Å². The SMILES string of the molecule is CC(C)C1(C(=O)OC(=O)[C@@H]2CCCN2)CCCC1SC(=O)c1ccccc1. The summed E-state index contributed by atoms with van der Waals surface area (Å²) in [6.45, 7) is 4.73. The highest BCUT2D eigenvalue weighted by atomic mass is 32.2. The number of benzene rings is 1. The molecule has 1 saturated heterocycles. The highest BCUT2D eigenvalue weighted by Gasteiger charge is 2.54. The summed E-state index contributed by atoms with van der Waals surface area (Å²) in [5, 5.41) is 2.86. The van der Waals surface area contributed by atoms with Crippen LogP contribution in [-0.4, -0.2) is 34.9 Å². The number of esters is 2. The van der Waals surface area contributed by atoms with Crippen LogP contribution in [0.5, 0.6) is 0 Å². The van der Waals surface area contributed by atoms with Gasteiger partial charge in [-0.15, -0.1) is 0 Å². The fourth-order valence-electron chi connectivity index (χ4n) is 4.21. The maximum Gasteiger partial charge on any atom is 0.330 e. The van der Waals surface area contributed by atoms with Crippen LogP contribution in [0.1, 0.15) is 56.3 Å². The van der Waals surface area contributed by atoms with Gasteiger partial charge >= 0.3 is 11.9 Å². The smallest absolute Gasteiger partial charge is 0.330 e. The van der Waals surface area contributed by atoms with Crippen molar-refractivity contribution in [3.05, 3.63) is 35.9 Å². The molecule has 1 saturated carbocycles. The van der Waals surface area contributed by atoms with Crippen molar-refractivity contribution >= 4 is 28.8 Å². The fraction of sp³-hybridized carbons (Fsp3) is 0.571. The molecule has 1 aliphatic heterocycles. The van der Waals surface area contributed by atoms with E-state index in [0.29, 0.717) is 18.4 Å². The lowest BCUT2D eigenvalue weighted by Crippen LogP contribution is -2.46. The molecule has 6 heteroatoms. The van der Waals surface area contributed by atoms with Gasteiger partial charge in [-0.05, 0) is 38.1 Å². The van der Waals surface area contributed by atoms with Crippen LogP contribution in [0.15, 0.2) is 30.3 Å². The highest BCUT2D eigenvalue weighted by Crippen LogP contribution is 2.51. The molecule has 3 atom stereocenters. The number of hydrogen-bond donors (Lipinski definition) is 1. The lowest BCUT2D eigenvalue weighted by molar-refractivity contribution is -0.170. The Morgan fingerprint density at radius 1 is 1.15 bits per heavy atom. The molecule has 1 aromatic rings. The van der Waals surface area contributed by atoms with Gasteiger partial charge in [0.15, 0.2) is 0 Å². The van der Waals surface area contributed by atoms with Gasteiger partial charge in [-0.2, -0.15) is 0 Å². The predicted molar refractivity (Wildman–Crippen MR) is 105 cm³/mol. The Kier molecular flexibility index (Phi) is 6.37. The number of thioether (sulfide) groups is 1. The van der Waals surface area contributed by atoms with Crippen molar-refractivity contribution in [2.45, 2.75) is 57.2 Å². The first-order valence-corrected chi connectivity index (χ1v) is 10.6. The summed E-state index contributed by atoms with van der Waals surface area (Å²) in [6.07, 6.45) is 3.88. The molecule has 27 heavy (non-hydrogen) atoms. The maximum absolute atomic E-state index is 13.1. The summed E-state index contributed by atoms with van der Waals surface area (Å²) in [4.78, 5) is 38.2. The third-order valence-electron chi connectivity index (χ3n) is 5.84. The first-order chi connectivity index (χ1) is 12.9. The van der Waals surface area contributed by atoms with E-state index in [1.54, 1.807) is 12.1 Å². The first-order valence-electron chi connectivity index (χ1n) is 9.70. The molecule has 1 aromatic carbocycles. The predicted octanol–water partition coefficient (Wildman–Crippen LogP) is 3.58. The Balaban J connectivity index is 1.75. The van der Waals surface area contributed by atoms with E-state index in [-0.39, 0.29) is 16.3 Å². The van der Waals surface area contributed by atoms with Crippen molar-refractivity contribution in [1.29, 1.82) is 0 Å². The van der Waals surface area contributed by atoms with Crippen LogP contribution >= 0.6 is 11.8 Å². The van der Waals surface area contributed by atoms with E-state index in [1.807, 2.05) is 32.0 Å². The van der Waals surface area contributed by atoms with Gasteiger partial charge < -0.3 is 10.1 Å². The molecule has 0 amide bonds. The van der Waals surface area contributed by atoms with Crippen LogP contribution in [0.2, 0.25) is 0 Å². The molecule has 1 N–H and O–H groups in total. The van der Waals surface area contributed by atoms with E-state index < -0.39 is 23.4 Å². The van der Waals surface area contributed by atoms with Crippen LogP contribution in [0.25, 0.3) is 0 Å². The number of hydrogen-bond acceptors (Lipinski definition) is 6. The molecule has 2 unspecified atom stereocenters. The van der Waals surface area contributed by atoms with Crippen LogP contribution in [-0.2, 0) is 14.3 Å². The van der Waals surface area contributed by atoms with E-state index in [9.17, 15) is 14.4 Å². The number of rotatable bonds is 5. The van der Waals surface area contributed by atoms with Gasteiger partial charge in [0.2, 0.25) is 5.12 Å². The average Bonchev–Trinajstić information content (AvgIpc) is 3.33. The molecule has 0 spiro atoms. The van der Waals surface area contributed by atoms with Crippen LogP contribution in [0.4, 0.5) is 0 Å². The summed E-state index contributed by atoms with van der Waals surface area (Å²) < 4.78 is 5.34. The largest absolute Gasteiger partial charge is 0.392 e. The molecular weight excluding hydrogens is 362 g/mol. The molecule has 3 rings (SSSR count). The molecule has 0 bridgehead atoms. The van der Waals surface area contributed by atoms with Crippen LogP contribution in [0, 0.1) is 11.3 Å². The van der Waals surface area contributed by atoms with Gasteiger partial charge in [0.1, 0.15) is 6.04 Å². The second-order valence-corrected chi connectivity index (χ2v) is 8.88. The zero-order valence-electron chi connectivity index (χ0n) is 15.9. The summed E-state index contributed by atoms with van der Waals surface area (Å²) in [5.74, 6) is -0.965. The number of ether oxygens (including phenoxy) is 1. The molecule has 146 valence electrons. The standard InChI is InChI=1S/C21H27NO4S/c1-14(2)21(20(25)26-18(23)16-10-7-13-22-16)12-6-11-17(21)27-19(24)15-8-4-3-5-9-15/h3-5,8-9,14,16-17,22H,6-7,10-13H2,1-2H3/t16-,17?,21?/m0/s1. The Bertz CT molecular complexity index is 699. The first kappa shape index (κ1) is 20.1. The van der Waals surface area contributed by atoms with Crippen molar-refractivity contribution in [1.82, 2.24) is 5.32 Å². The molecular formula is C21H27NO4S. The number of carbonyl (C=O) groups is 3. The topological polar surface area (TPSA) is 72.5 Å². The Morgan fingerprint density at radius 2 is 1.89 bits per heavy atom. The monoisotopic (exact) mass is 389 g/mol. The van der Waals surface area contributed by atoms with Gasteiger partial charge in [-0.3, -0.25) is 9.59 Å². The van der Waals surface area contributed by atoms with Crippen molar-refractivity contribution in [2.24, 2.45) is 11.3 Å². The van der Waals surface area contributed by atoms with Crippen molar-refractivity contribution in [2.75, 3.05) is 6.54 Å². The minimum Gasteiger partial charge on any atom is -0.392 e. The molecule has 5 nitrogen and oxygen atoms in total. The normalized spacial score (nSPS) is 27.7. The lowest BCUT2D eigenvalue weighted by Gasteiger charge is -2.36. The molecule has 0 aromatic heterocycles. The van der Waals surface area contributed by atoms with Crippen molar-refractivity contribution in [3.63, 3.8) is 0 Å². The minimum absolute atomic E-state index is 0.0158. The van der Waals surface area contributed by atoms with E-state index in [2.05, 4.69) is 5.32 Å². The van der Waals surface area contributed by atoms with E-state index in [1.165, 1.54) is 11.8 Å². The average molecular weight is 390 g/mol. The Morgan fingerprint density at radius 3 is 2.52 bits per heavy atom. The second-order valence-electron chi connectivity index (χ2n) is 7.70. The zero-order valence-corrected chi connectivity index (χ0v) is 16.7. The third kappa shape index (κ3) is 4.11. The summed E-state index contributed by atoms with van der Waals surface area (Å²) >= 11 is 1.22. The van der Waals surface area contributed by atoms with Crippen molar-refractivity contribution < 1.29 is 19.1 Å². The van der Waals surface area contributed by atoms with Gasteiger partial charge in [-0.25, -0.2) is 4.79 Å². The second kappa shape index (κ2) is 8.57. The van der Waals surface area contributed by atoms with E-state index in [4.69, 9.17) is 4.74 Å². The molecule has 1 aliphatic carbocycles. The summed E-state index contributed by atoms with van der Waals surface area (Å²) in [5.41, 5.74) is -0.171. The molecule has 0 radical (unpaired) electrons. The van der Waals surface area contributed by atoms with E-state index >= 15 is 0 Å². The third-order valence-corrected chi connectivity index (χ3v) is 7.23. The van der Waals surface area contributed by atoms with Gasteiger partial charge in [0.25, 0.3) is 0 Å². The Hall–Kier alpha value is -1.66. The fourth-order valence-corrected chi connectivity index (χ4v) is 5.72. The van der Waals surface area contributed by atoms with Gasteiger partial charge in [-0.1, -0.05) is 62.4 Å². The van der Waals surface area contributed by atoms with Gasteiger partial charge in [0.05, 0.1) is 5.41 Å². The highest BCUT2D eigenvalue weighted by molar-refractivity contribution is 8.14. The summed E-state index contributed by atoms with van der Waals surface area (Å²) in [6, 6.07) is 8.72. The number of carbonyl (C=O) groups excluding carboxylic acids is 3. The van der Waals surface area contributed by atoms with E-state index in [0.717, 1.165) is 25.8 Å². The minimum atomic E-state index is -0.802. The maximum atomic E-state index is 13.1. The molecule has 2 aliphatic rings.